The van der Waals surface area contributed by atoms with E-state index in [1.807, 2.05) is 51.1 Å². The van der Waals surface area contributed by atoms with Gasteiger partial charge in [0.1, 0.15) is 11.6 Å². The van der Waals surface area contributed by atoms with Crippen molar-refractivity contribution in [2.75, 3.05) is 12.4 Å². The largest absolute Gasteiger partial charge is 0.493 e. The normalized spacial score (nSPS) is 12.1. The van der Waals surface area contributed by atoms with Gasteiger partial charge < -0.3 is 14.8 Å². The number of hydrogen-bond acceptors (Lipinski definition) is 4. The number of anilines is 1. The molecular formula is C23H25ClN2O3. The summed E-state index contributed by atoms with van der Waals surface area (Å²) < 4.78 is 11.2. The Morgan fingerprint density at radius 1 is 1.31 bits per heavy atom. The number of carbonyl (C=O) groups excluding carboxylic acids is 1. The number of methoxy groups -OCH3 is 1. The van der Waals surface area contributed by atoms with Crippen LogP contribution in [0, 0.1) is 11.3 Å². The van der Waals surface area contributed by atoms with E-state index in [9.17, 15) is 10.1 Å². The molecule has 1 N–H and O–H groups in total. The van der Waals surface area contributed by atoms with Gasteiger partial charge in [-0.15, -0.1) is 0 Å². The van der Waals surface area contributed by atoms with E-state index in [1.54, 1.807) is 12.1 Å². The summed E-state index contributed by atoms with van der Waals surface area (Å²) in [5.41, 5.74) is 2.21. The molecule has 29 heavy (non-hydrogen) atoms. The number of aryl methyl sites for hydroxylation is 1. The molecular weight excluding hydrogens is 388 g/mol. The molecule has 2 aromatic carbocycles. The number of nitriles is 1. The Kier molecular flexibility index (Phi) is 8.11. The van der Waals surface area contributed by atoms with Gasteiger partial charge in [-0.25, -0.2) is 0 Å². The Labute approximate surface area is 176 Å². The number of nitrogens with zero attached hydrogens (tertiary/aromatic N) is 1. The Morgan fingerprint density at radius 2 is 2.03 bits per heavy atom. The molecule has 0 heterocycles. The van der Waals surface area contributed by atoms with E-state index < -0.39 is 5.91 Å². The Morgan fingerprint density at radius 3 is 2.66 bits per heavy atom. The van der Waals surface area contributed by atoms with Crippen LogP contribution in [0.5, 0.6) is 11.5 Å². The zero-order valence-electron chi connectivity index (χ0n) is 17.1. The highest BCUT2D eigenvalue weighted by Gasteiger charge is 2.16. The van der Waals surface area contributed by atoms with E-state index >= 15 is 0 Å². The van der Waals surface area contributed by atoms with E-state index in [-0.39, 0.29) is 11.7 Å². The third-order valence-electron chi connectivity index (χ3n) is 4.47. The smallest absolute Gasteiger partial charge is 0.266 e. The van der Waals surface area contributed by atoms with Crippen molar-refractivity contribution < 1.29 is 14.3 Å². The van der Waals surface area contributed by atoms with Crippen molar-refractivity contribution in [3.8, 4) is 17.6 Å². The highest BCUT2D eigenvalue weighted by Crippen LogP contribution is 2.38. The first-order valence-electron chi connectivity index (χ1n) is 9.48. The standard InChI is InChI=1S/C23H25ClN2O3/c1-5-15(3)29-22-19(24)12-16(13-21(22)28-4)11-18(14-25)23(27)26-20-10-8-7-9-17(20)6-2/h7-13,15H,5-6H2,1-4H3,(H,26,27)/b18-11-/t15-/m1/s1. The molecule has 0 aromatic heterocycles. The molecule has 0 aliphatic rings. The molecule has 2 aromatic rings. The third-order valence-corrected chi connectivity index (χ3v) is 4.75. The summed E-state index contributed by atoms with van der Waals surface area (Å²) in [7, 11) is 1.52. The number of hydrogen-bond donors (Lipinski definition) is 1. The van der Waals surface area contributed by atoms with Crippen molar-refractivity contribution in [3.05, 3.63) is 58.1 Å². The second-order valence-corrected chi connectivity index (χ2v) is 6.91. The summed E-state index contributed by atoms with van der Waals surface area (Å²) in [6.07, 6.45) is 3.04. The SMILES string of the molecule is CCc1ccccc1NC(=O)/C(C#N)=C\c1cc(Cl)c(O[C@H](C)CC)c(OC)c1. The quantitative estimate of drug-likeness (QED) is 0.450. The van der Waals surface area contributed by atoms with Crippen LogP contribution in [0.1, 0.15) is 38.3 Å². The van der Waals surface area contributed by atoms with Crippen LogP contribution in [0.25, 0.3) is 6.08 Å². The average molecular weight is 413 g/mol. The minimum atomic E-state index is -0.483. The lowest BCUT2D eigenvalue weighted by molar-refractivity contribution is -0.112. The first-order chi connectivity index (χ1) is 13.9. The van der Waals surface area contributed by atoms with Crippen LogP contribution in [-0.2, 0) is 11.2 Å². The van der Waals surface area contributed by atoms with Crippen LogP contribution in [0.2, 0.25) is 5.02 Å². The maximum Gasteiger partial charge on any atom is 0.266 e. The van der Waals surface area contributed by atoms with Crippen LogP contribution < -0.4 is 14.8 Å². The zero-order chi connectivity index (χ0) is 21.4. The second-order valence-electron chi connectivity index (χ2n) is 6.51. The van der Waals surface area contributed by atoms with Gasteiger partial charge in [-0.2, -0.15) is 5.26 Å². The molecule has 0 spiro atoms. The van der Waals surface area contributed by atoms with Crippen molar-refractivity contribution in [1.82, 2.24) is 0 Å². The first kappa shape index (κ1) is 22.3. The summed E-state index contributed by atoms with van der Waals surface area (Å²) in [5.74, 6) is 0.405. The van der Waals surface area contributed by atoms with E-state index in [0.29, 0.717) is 27.8 Å². The van der Waals surface area contributed by atoms with Gasteiger partial charge in [0.05, 0.1) is 18.2 Å². The molecule has 0 saturated carbocycles. The summed E-state index contributed by atoms with van der Waals surface area (Å²) in [6, 6.07) is 12.8. The van der Waals surface area contributed by atoms with Gasteiger partial charge in [0.15, 0.2) is 11.5 Å². The fraction of sp³-hybridized carbons (Fsp3) is 0.304. The van der Waals surface area contributed by atoms with Gasteiger partial charge in [-0.1, -0.05) is 43.6 Å². The lowest BCUT2D eigenvalue weighted by Crippen LogP contribution is -2.14. The van der Waals surface area contributed by atoms with Crippen molar-refractivity contribution in [3.63, 3.8) is 0 Å². The maximum atomic E-state index is 12.6. The van der Waals surface area contributed by atoms with Crippen LogP contribution in [0.3, 0.4) is 0 Å². The second kappa shape index (κ2) is 10.5. The van der Waals surface area contributed by atoms with Gasteiger partial charge >= 0.3 is 0 Å². The molecule has 0 fully saturated rings. The minimum absolute atomic E-state index is 0.0260. The molecule has 1 amide bonds. The summed E-state index contributed by atoms with van der Waals surface area (Å²) >= 11 is 6.37. The van der Waals surface area contributed by atoms with Crippen LogP contribution in [0.15, 0.2) is 42.0 Å². The molecule has 0 bridgehead atoms. The highest BCUT2D eigenvalue weighted by atomic mass is 35.5. The Hall–Kier alpha value is -2.97. The fourth-order valence-corrected chi connectivity index (χ4v) is 2.94. The predicted molar refractivity (Wildman–Crippen MR) is 116 cm³/mol. The Bertz CT molecular complexity index is 948. The van der Waals surface area contributed by atoms with Crippen molar-refractivity contribution in [1.29, 1.82) is 5.26 Å². The summed E-state index contributed by atoms with van der Waals surface area (Å²) in [5, 5.41) is 12.6. The minimum Gasteiger partial charge on any atom is -0.493 e. The number of halogens is 1. The van der Waals surface area contributed by atoms with Crippen molar-refractivity contribution in [2.24, 2.45) is 0 Å². The zero-order valence-corrected chi connectivity index (χ0v) is 17.8. The van der Waals surface area contributed by atoms with Crippen LogP contribution >= 0.6 is 11.6 Å². The number of ether oxygens (including phenoxy) is 2. The molecule has 5 nitrogen and oxygen atoms in total. The molecule has 1 atom stereocenters. The Balaban J connectivity index is 2.33. The number of para-hydroxylation sites is 1. The molecule has 0 radical (unpaired) electrons. The maximum absolute atomic E-state index is 12.6. The lowest BCUT2D eigenvalue weighted by atomic mass is 10.1. The molecule has 0 unspecified atom stereocenters. The fourth-order valence-electron chi connectivity index (χ4n) is 2.68. The number of benzene rings is 2. The monoisotopic (exact) mass is 412 g/mol. The van der Waals surface area contributed by atoms with Gasteiger partial charge in [0, 0.05) is 5.69 Å². The topological polar surface area (TPSA) is 71.4 Å². The third kappa shape index (κ3) is 5.75. The van der Waals surface area contributed by atoms with Crippen molar-refractivity contribution >= 4 is 29.3 Å². The molecule has 0 saturated heterocycles. The van der Waals surface area contributed by atoms with Gasteiger partial charge in [-0.3, -0.25) is 4.79 Å². The van der Waals surface area contributed by atoms with E-state index in [0.717, 1.165) is 18.4 Å². The summed E-state index contributed by atoms with van der Waals surface area (Å²) in [4.78, 5) is 12.6. The number of carbonyl (C=O) groups is 1. The number of nitrogens with one attached hydrogen (secondary N) is 1. The van der Waals surface area contributed by atoms with Crippen LogP contribution in [-0.4, -0.2) is 19.1 Å². The summed E-state index contributed by atoms with van der Waals surface area (Å²) in [6.45, 7) is 5.95. The van der Waals surface area contributed by atoms with Gasteiger partial charge in [0.2, 0.25) is 0 Å². The van der Waals surface area contributed by atoms with Crippen LogP contribution in [0.4, 0.5) is 5.69 Å². The number of rotatable bonds is 8. The van der Waals surface area contributed by atoms with Gasteiger partial charge in [-0.05, 0) is 55.2 Å². The first-order valence-corrected chi connectivity index (χ1v) is 9.86. The molecule has 2 rings (SSSR count). The van der Waals surface area contributed by atoms with E-state index in [1.165, 1.54) is 13.2 Å². The van der Waals surface area contributed by atoms with Crippen molar-refractivity contribution in [2.45, 2.75) is 39.7 Å². The average Bonchev–Trinajstić information content (AvgIpc) is 2.73. The van der Waals surface area contributed by atoms with E-state index in [4.69, 9.17) is 21.1 Å². The lowest BCUT2D eigenvalue weighted by Gasteiger charge is -2.17. The molecule has 152 valence electrons. The van der Waals surface area contributed by atoms with Gasteiger partial charge in [0.25, 0.3) is 5.91 Å². The molecule has 0 aliphatic heterocycles. The highest BCUT2D eigenvalue weighted by molar-refractivity contribution is 6.32. The van der Waals surface area contributed by atoms with E-state index in [2.05, 4.69) is 5.32 Å². The predicted octanol–water partition coefficient (Wildman–Crippen LogP) is 5.63. The molecule has 0 aliphatic carbocycles. The number of amides is 1. The molecule has 6 heteroatoms.